The highest BCUT2D eigenvalue weighted by Gasteiger charge is 2.33. The van der Waals surface area contributed by atoms with E-state index < -0.39 is 26.0 Å². The van der Waals surface area contributed by atoms with E-state index in [0.29, 0.717) is 25.3 Å². The van der Waals surface area contributed by atoms with Crippen LogP contribution in [-0.4, -0.2) is 69.7 Å². The monoisotopic (exact) mass is 535 g/mol. The van der Waals surface area contributed by atoms with Crippen molar-refractivity contribution in [3.63, 3.8) is 0 Å². The Bertz CT molecular complexity index is 1240. The minimum absolute atomic E-state index is 0.0376. The molecule has 0 aliphatic carbocycles. The highest BCUT2D eigenvalue weighted by atomic mass is 32.2. The summed E-state index contributed by atoms with van der Waals surface area (Å²) in [5.41, 5.74) is 0.568. The van der Waals surface area contributed by atoms with E-state index in [2.05, 4.69) is 5.32 Å². The Kier molecular flexibility index (Phi) is 8.46. The molecule has 2 fully saturated rings. The zero-order chi connectivity index (χ0) is 25.8. The molecule has 0 spiro atoms. The lowest BCUT2D eigenvalue weighted by molar-refractivity contribution is -0.116. The Morgan fingerprint density at radius 1 is 0.972 bits per heavy atom. The number of para-hydroxylation sites is 1. The van der Waals surface area contributed by atoms with Gasteiger partial charge in [-0.2, -0.15) is 8.61 Å². The molecule has 196 valence electrons. The third-order valence-electron chi connectivity index (χ3n) is 6.62. The molecule has 9 nitrogen and oxygen atoms in total. The molecule has 2 atom stereocenters. The van der Waals surface area contributed by atoms with Crippen molar-refractivity contribution >= 4 is 31.6 Å². The van der Waals surface area contributed by atoms with Gasteiger partial charge in [0, 0.05) is 31.4 Å². The van der Waals surface area contributed by atoms with Gasteiger partial charge in [-0.25, -0.2) is 16.8 Å². The molecule has 0 aromatic heterocycles. The fourth-order valence-corrected chi connectivity index (χ4v) is 7.77. The molecule has 0 bridgehead atoms. The van der Waals surface area contributed by atoms with Gasteiger partial charge in [0.25, 0.3) is 0 Å². The molecule has 36 heavy (non-hydrogen) atoms. The van der Waals surface area contributed by atoms with Gasteiger partial charge in [0.15, 0.2) is 0 Å². The van der Waals surface area contributed by atoms with Crippen molar-refractivity contribution in [3.8, 4) is 0 Å². The first-order chi connectivity index (χ1) is 17.2. The van der Waals surface area contributed by atoms with Crippen LogP contribution in [0, 0.1) is 0 Å². The second kappa shape index (κ2) is 11.4. The first-order valence-electron chi connectivity index (χ1n) is 12.3. The molecular weight excluding hydrogens is 502 g/mol. The highest BCUT2D eigenvalue weighted by Crippen LogP contribution is 2.27. The lowest BCUT2D eigenvalue weighted by Crippen LogP contribution is -2.42. The minimum Gasteiger partial charge on any atom is -0.377 e. The lowest BCUT2D eigenvalue weighted by Gasteiger charge is -2.32. The van der Waals surface area contributed by atoms with Gasteiger partial charge in [0.1, 0.15) is 0 Å². The average Bonchev–Trinajstić information content (AvgIpc) is 3.38. The largest absolute Gasteiger partial charge is 0.377 e. The minimum atomic E-state index is -4.09. The number of nitrogens with zero attached hydrogens (tertiary/aromatic N) is 2. The molecule has 2 aliphatic heterocycles. The Morgan fingerprint density at radius 2 is 1.67 bits per heavy atom. The van der Waals surface area contributed by atoms with E-state index in [0.717, 1.165) is 30.0 Å². The maximum atomic E-state index is 13.6. The Labute approximate surface area is 213 Å². The van der Waals surface area contributed by atoms with Crippen LogP contribution in [-0.2, 0) is 29.6 Å². The molecule has 2 aromatic rings. The summed E-state index contributed by atoms with van der Waals surface area (Å²) in [6.07, 6.45) is 3.83. The second-order valence-electron chi connectivity index (χ2n) is 9.28. The number of ether oxygens (including phenoxy) is 1. The van der Waals surface area contributed by atoms with Gasteiger partial charge in [0.2, 0.25) is 26.0 Å². The van der Waals surface area contributed by atoms with Gasteiger partial charge in [-0.15, -0.1) is 0 Å². The van der Waals surface area contributed by atoms with Crippen LogP contribution >= 0.6 is 0 Å². The van der Waals surface area contributed by atoms with E-state index in [1.54, 1.807) is 24.3 Å². The predicted octanol–water partition coefficient (Wildman–Crippen LogP) is 3.06. The van der Waals surface area contributed by atoms with Gasteiger partial charge in [-0.05, 0) is 69.0 Å². The second-order valence-corrected chi connectivity index (χ2v) is 13.1. The molecule has 2 aliphatic rings. The number of amides is 1. The number of piperidine rings is 1. The van der Waals surface area contributed by atoms with Crippen molar-refractivity contribution in [3.05, 3.63) is 54.6 Å². The molecule has 2 saturated heterocycles. The van der Waals surface area contributed by atoms with E-state index in [4.69, 9.17) is 4.74 Å². The molecule has 0 unspecified atom stereocenters. The number of sulfonamides is 2. The van der Waals surface area contributed by atoms with Gasteiger partial charge in [0.05, 0.1) is 22.4 Å². The van der Waals surface area contributed by atoms with Crippen LogP contribution in [0.4, 0.5) is 5.69 Å². The maximum absolute atomic E-state index is 13.6. The summed E-state index contributed by atoms with van der Waals surface area (Å²) in [6, 6.07) is 14.0. The number of benzene rings is 2. The van der Waals surface area contributed by atoms with Crippen molar-refractivity contribution in [1.29, 1.82) is 0 Å². The zero-order valence-electron chi connectivity index (χ0n) is 20.4. The Hall–Kier alpha value is -2.31. The van der Waals surface area contributed by atoms with Gasteiger partial charge < -0.3 is 10.1 Å². The maximum Gasteiger partial charge on any atom is 0.243 e. The average molecular weight is 536 g/mol. The standard InChI is InChI=1S/C25H33N3O6S2/c1-20-8-5-6-16-28(20)36(32,33)24-14-12-23(13-15-24)35(30,31)27(18-22-11-7-17-34-22)19-25(29)26-21-9-3-2-4-10-21/h2-4,9-10,12-15,20,22H,5-8,11,16-19H2,1H3,(H,26,29)/t20-,22+/m1/s1. The Morgan fingerprint density at radius 3 is 2.31 bits per heavy atom. The summed E-state index contributed by atoms with van der Waals surface area (Å²) in [7, 11) is -7.81. The van der Waals surface area contributed by atoms with E-state index in [1.165, 1.54) is 28.6 Å². The summed E-state index contributed by atoms with van der Waals surface area (Å²) < 4.78 is 61.6. The van der Waals surface area contributed by atoms with Gasteiger partial charge >= 0.3 is 0 Å². The fourth-order valence-electron chi connectivity index (χ4n) is 4.64. The van der Waals surface area contributed by atoms with E-state index in [9.17, 15) is 21.6 Å². The Balaban J connectivity index is 1.55. The first kappa shape index (κ1) is 26.7. The predicted molar refractivity (Wildman–Crippen MR) is 136 cm³/mol. The van der Waals surface area contributed by atoms with Crippen LogP contribution in [0.2, 0.25) is 0 Å². The molecule has 2 aromatic carbocycles. The first-order valence-corrected chi connectivity index (χ1v) is 15.1. The number of anilines is 1. The SMILES string of the molecule is C[C@@H]1CCCCN1S(=O)(=O)c1ccc(S(=O)(=O)N(CC(=O)Nc2ccccc2)C[C@@H]2CCCO2)cc1. The van der Waals surface area contributed by atoms with Gasteiger partial charge in [-0.1, -0.05) is 24.6 Å². The summed E-state index contributed by atoms with van der Waals surface area (Å²) >= 11 is 0. The van der Waals surface area contributed by atoms with Crippen molar-refractivity contribution in [1.82, 2.24) is 8.61 Å². The molecule has 4 rings (SSSR count). The number of hydrogen-bond acceptors (Lipinski definition) is 6. The molecular formula is C25H33N3O6S2. The molecule has 2 heterocycles. The number of carbonyl (C=O) groups excluding carboxylic acids is 1. The highest BCUT2D eigenvalue weighted by molar-refractivity contribution is 7.89. The van der Waals surface area contributed by atoms with E-state index in [-0.39, 0.29) is 35.0 Å². The number of nitrogens with one attached hydrogen (secondary N) is 1. The molecule has 0 radical (unpaired) electrons. The van der Waals surface area contributed by atoms with Crippen LogP contribution in [0.5, 0.6) is 0 Å². The van der Waals surface area contributed by atoms with Crippen molar-refractivity contribution in [2.45, 2.75) is 61.0 Å². The number of rotatable bonds is 9. The normalized spacial score (nSPS) is 21.5. The smallest absolute Gasteiger partial charge is 0.243 e. The third-order valence-corrected chi connectivity index (χ3v) is 10.5. The van der Waals surface area contributed by atoms with Crippen LogP contribution in [0.25, 0.3) is 0 Å². The zero-order valence-corrected chi connectivity index (χ0v) is 22.0. The van der Waals surface area contributed by atoms with Crippen molar-refractivity contribution in [2.75, 3.05) is 31.6 Å². The lowest BCUT2D eigenvalue weighted by atomic mass is 10.1. The number of carbonyl (C=O) groups is 1. The molecule has 1 N–H and O–H groups in total. The van der Waals surface area contributed by atoms with E-state index in [1.807, 2.05) is 13.0 Å². The van der Waals surface area contributed by atoms with Crippen LogP contribution in [0.15, 0.2) is 64.4 Å². The van der Waals surface area contributed by atoms with Crippen LogP contribution in [0.1, 0.15) is 39.0 Å². The van der Waals surface area contributed by atoms with Gasteiger partial charge in [-0.3, -0.25) is 4.79 Å². The third kappa shape index (κ3) is 6.15. The van der Waals surface area contributed by atoms with Crippen molar-refractivity contribution < 1.29 is 26.4 Å². The quantitative estimate of drug-likeness (QED) is 0.528. The van der Waals surface area contributed by atoms with Crippen LogP contribution in [0.3, 0.4) is 0 Å². The molecule has 1 amide bonds. The van der Waals surface area contributed by atoms with Crippen LogP contribution < -0.4 is 5.32 Å². The summed E-state index contributed by atoms with van der Waals surface area (Å²) in [6.45, 7) is 2.54. The number of hydrogen-bond donors (Lipinski definition) is 1. The summed E-state index contributed by atoms with van der Waals surface area (Å²) in [4.78, 5) is 12.7. The summed E-state index contributed by atoms with van der Waals surface area (Å²) in [5.74, 6) is -0.471. The summed E-state index contributed by atoms with van der Waals surface area (Å²) in [5, 5.41) is 2.72. The molecule has 0 saturated carbocycles. The molecule has 11 heteroatoms. The van der Waals surface area contributed by atoms with E-state index >= 15 is 0 Å². The topological polar surface area (TPSA) is 113 Å². The fraction of sp³-hybridized carbons (Fsp3) is 0.480. The van der Waals surface area contributed by atoms with Crippen molar-refractivity contribution in [2.24, 2.45) is 0 Å².